The highest BCUT2D eigenvalue weighted by molar-refractivity contribution is 7.13. The van der Waals surface area contributed by atoms with Gasteiger partial charge in [-0.25, -0.2) is 4.98 Å². The molecule has 24 heavy (non-hydrogen) atoms. The third kappa shape index (κ3) is 4.16. The summed E-state index contributed by atoms with van der Waals surface area (Å²) in [5, 5.41) is 9.08. The van der Waals surface area contributed by atoms with Gasteiger partial charge in [0.2, 0.25) is 5.91 Å². The molecule has 2 N–H and O–H groups in total. The maximum atomic E-state index is 12.7. The molecule has 0 unspecified atom stereocenters. The van der Waals surface area contributed by atoms with Crippen LogP contribution in [-0.4, -0.2) is 37.7 Å². The molecule has 0 spiro atoms. The maximum absolute atomic E-state index is 12.7. The number of nitrogens with zero attached hydrogens (tertiary/aromatic N) is 1. The second-order valence-corrected chi connectivity index (χ2v) is 6.63. The van der Waals surface area contributed by atoms with Gasteiger partial charge in [0, 0.05) is 12.5 Å². The van der Waals surface area contributed by atoms with E-state index in [0.717, 1.165) is 42.4 Å². The number of hydrogen-bond acceptors (Lipinski definition) is 6. The molecule has 0 atom stereocenters. The minimum absolute atomic E-state index is 0. The molecule has 2 aromatic heterocycles. The van der Waals surface area contributed by atoms with Crippen molar-refractivity contribution < 1.29 is 13.9 Å². The fourth-order valence-corrected chi connectivity index (χ4v) is 3.66. The molecule has 8 heteroatoms. The van der Waals surface area contributed by atoms with Gasteiger partial charge in [-0.2, -0.15) is 0 Å². The van der Waals surface area contributed by atoms with Crippen molar-refractivity contribution in [1.82, 2.24) is 15.6 Å². The van der Waals surface area contributed by atoms with Crippen LogP contribution in [0.3, 0.4) is 0 Å². The molecule has 0 saturated carbocycles. The van der Waals surface area contributed by atoms with E-state index in [9.17, 15) is 4.79 Å². The van der Waals surface area contributed by atoms with Gasteiger partial charge in [-0.15, -0.1) is 23.7 Å². The normalized spacial score (nSPS) is 16.4. The van der Waals surface area contributed by atoms with Crippen molar-refractivity contribution in [2.45, 2.75) is 19.4 Å². The average molecular weight is 372 g/mol. The molecule has 132 valence electrons. The van der Waals surface area contributed by atoms with Crippen LogP contribution in [0.5, 0.6) is 0 Å². The fraction of sp³-hybridized carbons (Fsp3) is 0.500. The van der Waals surface area contributed by atoms with Gasteiger partial charge >= 0.3 is 0 Å². The second-order valence-electron chi connectivity index (χ2n) is 5.77. The number of carbonyl (C=O) groups is 1. The first-order valence-corrected chi connectivity index (χ1v) is 8.58. The minimum Gasteiger partial charge on any atom is -0.462 e. The van der Waals surface area contributed by atoms with E-state index in [1.54, 1.807) is 13.4 Å². The van der Waals surface area contributed by atoms with Crippen molar-refractivity contribution in [2.75, 3.05) is 26.8 Å². The summed E-state index contributed by atoms with van der Waals surface area (Å²) in [4.78, 5) is 17.2. The topological polar surface area (TPSA) is 76.4 Å². The smallest absolute Gasteiger partial charge is 0.228 e. The third-order valence-electron chi connectivity index (χ3n) is 4.18. The molecule has 3 heterocycles. The Labute approximate surface area is 151 Å². The molecule has 1 aliphatic heterocycles. The van der Waals surface area contributed by atoms with Crippen LogP contribution in [-0.2, 0) is 16.1 Å². The number of piperidine rings is 1. The highest BCUT2D eigenvalue weighted by atomic mass is 35.5. The fourth-order valence-electron chi connectivity index (χ4n) is 2.88. The van der Waals surface area contributed by atoms with Crippen LogP contribution < -0.4 is 10.6 Å². The first kappa shape index (κ1) is 18.9. The lowest BCUT2D eigenvalue weighted by atomic mass is 9.78. The number of amides is 1. The SMILES string of the molecule is COCC1(C(=O)NCc2csc(-c3ccco3)n2)CCNCC1.Cl. The average Bonchev–Trinajstić information content (AvgIpc) is 3.25. The Hall–Kier alpha value is -1.41. The lowest BCUT2D eigenvalue weighted by Crippen LogP contribution is -2.50. The summed E-state index contributed by atoms with van der Waals surface area (Å²) in [6.07, 6.45) is 3.21. The first-order chi connectivity index (χ1) is 11.2. The molecular weight excluding hydrogens is 350 g/mol. The molecule has 0 radical (unpaired) electrons. The Morgan fingerprint density at radius 1 is 1.50 bits per heavy atom. The lowest BCUT2D eigenvalue weighted by molar-refractivity contribution is -0.136. The summed E-state index contributed by atoms with van der Waals surface area (Å²) in [7, 11) is 1.65. The van der Waals surface area contributed by atoms with Gasteiger partial charge in [0.25, 0.3) is 0 Å². The Morgan fingerprint density at radius 3 is 2.96 bits per heavy atom. The summed E-state index contributed by atoms with van der Waals surface area (Å²) in [6.45, 7) is 2.57. The molecule has 0 bridgehead atoms. The minimum atomic E-state index is -0.431. The highest BCUT2D eigenvalue weighted by Crippen LogP contribution is 2.30. The number of halogens is 1. The standard InChI is InChI=1S/C16H21N3O3S.ClH/c1-21-11-16(4-6-17-7-5-16)15(20)18-9-12-10-23-14(19-12)13-3-2-8-22-13;/h2-3,8,10,17H,4-7,9,11H2,1H3,(H,18,20);1H. The largest absolute Gasteiger partial charge is 0.462 e. The van der Waals surface area contributed by atoms with Crippen LogP contribution in [0.1, 0.15) is 18.5 Å². The van der Waals surface area contributed by atoms with Crippen LogP contribution in [0.25, 0.3) is 10.8 Å². The maximum Gasteiger partial charge on any atom is 0.228 e. The van der Waals surface area contributed by atoms with Gasteiger partial charge in [0.05, 0.1) is 30.5 Å². The van der Waals surface area contributed by atoms with Crippen molar-refractivity contribution in [2.24, 2.45) is 5.41 Å². The molecular formula is C16H22ClN3O3S. The Morgan fingerprint density at radius 2 is 2.29 bits per heavy atom. The predicted molar refractivity (Wildman–Crippen MR) is 95.3 cm³/mol. The van der Waals surface area contributed by atoms with Crippen LogP contribution in [0.2, 0.25) is 0 Å². The van der Waals surface area contributed by atoms with E-state index in [0.29, 0.717) is 13.2 Å². The number of methoxy groups -OCH3 is 1. The summed E-state index contributed by atoms with van der Waals surface area (Å²) < 4.78 is 10.6. The number of ether oxygens (including phenoxy) is 1. The van der Waals surface area contributed by atoms with E-state index in [-0.39, 0.29) is 18.3 Å². The first-order valence-electron chi connectivity index (χ1n) is 7.70. The van der Waals surface area contributed by atoms with Crippen LogP contribution in [0.4, 0.5) is 0 Å². The number of furan rings is 1. The number of carbonyl (C=O) groups excluding carboxylic acids is 1. The molecule has 1 fully saturated rings. The summed E-state index contributed by atoms with van der Waals surface area (Å²) in [5.74, 6) is 0.801. The summed E-state index contributed by atoms with van der Waals surface area (Å²) in [6, 6.07) is 3.72. The molecule has 6 nitrogen and oxygen atoms in total. The van der Waals surface area contributed by atoms with Crippen LogP contribution in [0.15, 0.2) is 28.2 Å². The van der Waals surface area contributed by atoms with E-state index in [2.05, 4.69) is 15.6 Å². The number of thiazole rings is 1. The van der Waals surface area contributed by atoms with Gasteiger partial charge in [-0.1, -0.05) is 0 Å². The zero-order valence-electron chi connectivity index (χ0n) is 13.5. The molecule has 1 amide bonds. The number of hydrogen-bond donors (Lipinski definition) is 2. The Balaban J connectivity index is 0.00000208. The lowest BCUT2D eigenvalue weighted by Gasteiger charge is -2.35. The van der Waals surface area contributed by atoms with E-state index in [4.69, 9.17) is 9.15 Å². The van der Waals surface area contributed by atoms with Crippen molar-refractivity contribution in [1.29, 1.82) is 0 Å². The predicted octanol–water partition coefficient (Wildman–Crippen LogP) is 2.46. The molecule has 2 aromatic rings. The summed E-state index contributed by atoms with van der Waals surface area (Å²) in [5.41, 5.74) is 0.413. The third-order valence-corrected chi connectivity index (χ3v) is 5.08. The molecule has 3 rings (SSSR count). The Kier molecular flexibility index (Phi) is 6.79. The monoisotopic (exact) mass is 371 g/mol. The molecule has 0 aliphatic carbocycles. The van der Waals surface area contributed by atoms with Crippen molar-refractivity contribution >= 4 is 29.7 Å². The van der Waals surface area contributed by atoms with Gasteiger partial charge in [0.15, 0.2) is 10.8 Å². The van der Waals surface area contributed by atoms with E-state index in [1.165, 1.54) is 11.3 Å². The van der Waals surface area contributed by atoms with Gasteiger partial charge in [0.1, 0.15) is 0 Å². The van der Waals surface area contributed by atoms with Crippen molar-refractivity contribution in [3.8, 4) is 10.8 Å². The number of aromatic nitrogens is 1. The van der Waals surface area contributed by atoms with Crippen molar-refractivity contribution in [3.05, 3.63) is 29.5 Å². The number of nitrogens with one attached hydrogen (secondary N) is 2. The van der Waals surface area contributed by atoms with Crippen LogP contribution in [0, 0.1) is 5.41 Å². The number of rotatable bonds is 6. The van der Waals surface area contributed by atoms with E-state index in [1.807, 2.05) is 17.5 Å². The van der Waals surface area contributed by atoms with Gasteiger partial charge in [-0.05, 0) is 38.1 Å². The zero-order chi connectivity index (χ0) is 16.1. The molecule has 1 saturated heterocycles. The molecule has 1 aliphatic rings. The van der Waals surface area contributed by atoms with Crippen molar-refractivity contribution in [3.63, 3.8) is 0 Å². The van der Waals surface area contributed by atoms with Gasteiger partial charge in [-0.3, -0.25) is 4.79 Å². The quantitative estimate of drug-likeness (QED) is 0.815. The Bertz CT molecular complexity index is 633. The zero-order valence-corrected chi connectivity index (χ0v) is 15.2. The second kappa shape index (κ2) is 8.62. The van der Waals surface area contributed by atoms with E-state index < -0.39 is 5.41 Å². The molecule has 0 aromatic carbocycles. The highest BCUT2D eigenvalue weighted by Gasteiger charge is 2.39. The van der Waals surface area contributed by atoms with Crippen LogP contribution >= 0.6 is 23.7 Å². The summed E-state index contributed by atoms with van der Waals surface area (Å²) >= 11 is 1.51. The van der Waals surface area contributed by atoms with E-state index >= 15 is 0 Å². The van der Waals surface area contributed by atoms with Gasteiger partial charge < -0.3 is 19.8 Å².